The lowest BCUT2D eigenvalue weighted by atomic mass is 10.2. The fourth-order valence-electron chi connectivity index (χ4n) is 2.43. The Hall–Kier alpha value is -1.44. The molecule has 1 saturated heterocycles. The highest BCUT2D eigenvalue weighted by atomic mass is 16.5. The first-order chi connectivity index (χ1) is 9.95. The van der Waals surface area contributed by atoms with E-state index in [4.69, 9.17) is 9.26 Å². The molecule has 0 bridgehead atoms. The van der Waals surface area contributed by atoms with Crippen molar-refractivity contribution in [3.8, 4) is 0 Å². The first kappa shape index (κ1) is 15.9. The summed E-state index contributed by atoms with van der Waals surface area (Å²) in [5, 5.41) is 6.51. The number of amides is 1. The summed E-state index contributed by atoms with van der Waals surface area (Å²) >= 11 is 0. The highest BCUT2D eigenvalue weighted by molar-refractivity contribution is 5.93. The molecule has 2 heterocycles. The van der Waals surface area contributed by atoms with Gasteiger partial charge in [0.25, 0.3) is 0 Å². The molecule has 2 unspecified atom stereocenters. The lowest BCUT2D eigenvalue weighted by Crippen LogP contribution is -2.52. The molecule has 1 aliphatic heterocycles. The summed E-state index contributed by atoms with van der Waals surface area (Å²) in [7, 11) is 4.04. The SMILES string of the molecule is Cc1cc(NC(=O)C(C)N2CCOC(CN(C)C)C2)on1. The highest BCUT2D eigenvalue weighted by Crippen LogP contribution is 2.13. The normalized spacial score (nSPS) is 21.5. The molecule has 1 amide bonds. The van der Waals surface area contributed by atoms with Gasteiger partial charge in [0, 0.05) is 25.7 Å². The molecule has 7 heteroatoms. The van der Waals surface area contributed by atoms with Crippen molar-refractivity contribution in [1.29, 1.82) is 0 Å². The summed E-state index contributed by atoms with van der Waals surface area (Å²) in [5.74, 6) is 0.305. The second kappa shape index (κ2) is 7.02. The number of anilines is 1. The molecule has 0 radical (unpaired) electrons. The van der Waals surface area contributed by atoms with E-state index in [-0.39, 0.29) is 18.1 Å². The molecule has 1 aromatic heterocycles. The summed E-state index contributed by atoms with van der Waals surface area (Å²) in [5.41, 5.74) is 0.746. The van der Waals surface area contributed by atoms with Gasteiger partial charge in [0.2, 0.25) is 11.8 Å². The first-order valence-corrected chi connectivity index (χ1v) is 7.20. The van der Waals surface area contributed by atoms with Crippen LogP contribution < -0.4 is 5.32 Å². The van der Waals surface area contributed by atoms with Crippen molar-refractivity contribution in [2.75, 3.05) is 45.7 Å². The van der Waals surface area contributed by atoms with Crippen molar-refractivity contribution < 1.29 is 14.1 Å². The number of ether oxygens (including phenoxy) is 1. The Morgan fingerprint density at radius 2 is 2.38 bits per heavy atom. The number of morpholine rings is 1. The van der Waals surface area contributed by atoms with Crippen LogP contribution in [0.2, 0.25) is 0 Å². The van der Waals surface area contributed by atoms with E-state index in [9.17, 15) is 4.79 Å². The van der Waals surface area contributed by atoms with E-state index in [1.807, 2.05) is 27.9 Å². The standard InChI is InChI=1S/C14H24N4O3/c1-10-7-13(21-16-10)15-14(19)11(2)18-5-6-20-12(9-18)8-17(3)4/h7,11-12H,5-6,8-9H2,1-4H3,(H,15,19). The van der Waals surface area contributed by atoms with Gasteiger partial charge >= 0.3 is 0 Å². The van der Waals surface area contributed by atoms with E-state index in [0.29, 0.717) is 12.5 Å². The zero-order valence-electron chi connectivity index (χ0n) is 13.1. The van der Waals surface area contributed by atoms with E-state index in [1.54, 1.807) is 6.07 Å². The minimum atomic E-state index is -0.232. The number of nitrogens with zero attached hydrogens (tertiary/aromatic N) is 3. The third-order valence-electron chi connectivity index (χ3n) is 3.54. The molecule has 0 aromatic carbocycles. The molecule has 0 spiro atoms. The van der Waals surface area contributed by atoms with Crippen LogP contribution in [-0.4, -0.2) is 73.3 Å². The zero-order chi connectivity index (χ0) is 15.4. The summed E-state index contributed by atoms with van der Waals surface area (Å²) < 4.78 is 10.7. The van der Waals surface area contributed by atoms with Crippen molar-refractivity contribution >= 4 is 11.8 Å². The van der Waals surface area contributed by atoms with Crippen LogP contribution in [0.3, 0.4) is 0 Å². The first-order valence-electron chi connectivity index (χ1n) is 7.20. The second-order valence-electron chi connectivity index (χ2n) is 5.75. The third-order valence-corrected chi connectivity index (χ3v) is 3.54. The van der Waals surface area contributed by atoms with Crippen LogP contribution in [0.5, 0.6) is 0 Å². The number of carbonyl (C=O) groups is 1. The molecular formula is C14H24N4O3. The highest BCUT2D eigenvalue weighted by Gasteiger charge is 2.28. The van der Waals surface area contributed by atoms with Gasteiger partial charge in [-0.25, -0.2) is 0 Å². The Morgan fingerprint density at radius 3 is 3.00 bits per heavy atom. The summed E-state index contributed by atoms with van der Waals surface area (Å²) in [6.07, 6.45) is 0.136. The molecule has 1 aliphatic rings. The average Bonchev–Trinajstić information content (AvgIpc) is 2.82. The minimum absolute atomic E-state index is 0.0864. The molecular weight excluding hydrogens is 272 g/mol. The van der Waals surface area contributed by atoms with E-state index in [2.05, 4.69) is 20.3 Å². The maximum absolute atomic E-state index is 12.3. The van der Waals surface area contributed by atoms with E-state index in [0.717, 1.165) is 25.3 Å². The molecule has 1 N–H and O–H groups in total. The van der Waals surface area contributed by atoms with Gasteiger partial charge in [0.15, 0.2) is 0 Å². The quantitative estimate of drug-likeness (QED) is 0.857. The van der Waals surface area contributed by atoms with Crippen LogP contribution >= 0.6 is 0 Å². The molecule has 21 heavy (non-hydrogen) atoms. The third kappa shape index (κ3) is 4.52. The van der Waals surface area contributed by atoms with Crippen molar-refractivity contribution in [3.63, 3.8) is 0 Å². The number of aromatic nitrogens is 1. The molecule has 1 fully saturated rings. The second-order valence-corrected chi connectivity index (χ2v) is 5.75. The van der Waals surface area contributed by atoms with Crippen molar-refractivity contribution in [3.05, 3.63) is 11.8 Å². The molecule has 0 saturated carbocycles. The predicted molar refractivity (Wildman–Crippen MR) is 79.2 cm³/mol. The Labute approximate surface area is 125 Å². The topological polar surface area (TPSA) is 70.8 Å². The molecule has 2 atom stereocenters. The molecule has 7 nitrogen and oxygen atoms in total. The van der Waals surface area contributed by atoms with Crippen LogP contribution in [0.1, 0.15) is 12.6 Å². The minimum Gasteiger partial charge on any atom is -0.374 e. The van der Waals surface area contributed by atoms with Gasteiger partial charge in [0.05, 0.1) is 24.4 Å². The molecule has 1 aromatic rings. The van der Waals surface area contributed by atoms with Crippen molar-refractivity contribution in [1.82, 2.24) is 15.0 Å². The molecule has 2 rings (SSSR count). The van der Waals surface area contributed by atoms with Gasteiger partial charge in [-0.1, -0.05) is 5.16 Å². The molecule has 118 valence electrons. The van der Waals surface area contributed by atoms with Gasteiger partial charge in [-0.2, -0.15) is 0 Å². The number of rotatable bonds is 5. The zero-order valence-corrected chi connectivity index (χ0v) is 13.1. The predicted octanol–water partition coefficient (Wildman–Crippen LogP) is 0.572. The smallest absolute Gasteiger partial charge is 0.243 e. The maximum atomic E-state index is 12.3. The Balaban J connectivity index is 1.89. The largest absolute Gasteiger partial charge is 0.374 e. The Bertz CT molecular complexity index is 475. The number of carbonyl (C=O) groups excluding carboxylic acids is 1. The number of hydrogen-bond donors (Lipinski definition) is 1. The number of likely N-dealkylation sites (N-methyl/N-ethyl adjacent to an activating group) is 1. The van der Waals surface area contributed by atoms with Gasteiger partial charge in [-0.15, -0.1) is 0 Å². The van der Waals surface area contributed by atoms with Gasteiger partial charge in [0.1, 0.15) is 0 Å². The van der Waals surface area contributed by atoms with Crippen LogP contribution in [0.25, 0.3) is 0 Å². The molecule has 0 aliphatic carbocycles. The van der Waals surface area contributed by atoms with Gasteiger partial charge in [-0.3, -0.25) is 15.0 Å². The number of hydrogen-bond acceptors (Lipinski definition) is 6. The maximum Gasteiger partial charge on any atom is 0.243 e. The fourth-order valence-corrected chi connectivity index (χ4v) is 2.43. The van der Waals surface area contributed by atoms with E-state index < -0.39 is 0 Å². The Kier molecular flexibility index (Phi) is 5.33. The number of aryl methyl sites for hydroxylation is 1. The van der Waals surface area contributed by atoms with Crippen LogP contribution in [0.4, 0.5) is 5.88 Å². The Morgan fingerprint density at radius 1 is 1.62 bits per heavy atom. The van der Waals surface area contributed by atoms with Crippen molar-refractivity contribution in [2.24, 2.45) is 0 Å². The lowest BCUT2D eigenvalue weighted by molar-refractivity contribution is -0.124. The summed E-state index contributed by atoms with van der Waals surface area (Å²) in [6.45, 7) is 6.73. The summed E-state index contributed by atoms with van der Waals surface area (Å²) in [6, 6.07) is 1.47. The lowest BCUT2D eigenvalue weighted by Gasteiger charge is -2.36. The number of nitrogens with one attached hydrogen (secondary N) is 1. The van der Waals surface area contributed by atoms with Crippen LogP contribution in [0, 0.1) is 6.92 Å². The van der Waals surface area contributed by atoms with E-state index >= 15 is 0 Å². The van der Waals surface area contributed by atoms with Gasteiger partial charge in [-0.05, 0) is 27.9 Å². The van der Waals surface area contributed by atoms with Crippen molar-refractivity contribution in [2.45, 2.75) is 26.0 Å². The summed E-state index contributed by atoms with van der Waals surface area (Å²) in [4.78, 5) is 16.5. The fraction of sp³-hybridized carbons (Fsp3) is 0.714. The van der Waals surface area contributed by atoms with Gasteiger partial charge < -0.3 is 14.2 Å². The monoisotopic (exact) mass is 296 g/mol. The van der Waals surface area contributed by atoms with Crippen LogP contribution in [0.15, 0.2) is 10.6 Å². The average molecular weight is 296 g/mol. The van der Waals surface area contributed by atoms with Crippen LogP contribution in [-0.2, 0) is 9.53 Å². The van der Waals surface area contributed by atoms with E-state index in [1.165, 1.54) is 0 Å².